The fraction of sp³-hybridized carbons (Fsp3) is 0.500. The third-order valence-corrected chi connectivity index (χ3v) is 1.59. The second-order valence-corrected chi connectivity index (χ2v) is 2.58. The van der Waals surface area contributed by atoms with Gasteiger partial charge in [-0.3, -0.25) is 0 Å². The summed E-state index contributed by atoms with van der Waals surface area (Å²) in [5.41, 5.74) is 2.51. The summed E-state index contributed by atoms with van der Waals surface area (Å²) < 4.78 is 0. The highest BCUT2D eigenvalue weighted by Gasteiger charge is 2.00. The summed E-state index contributed by atoms with van der Waals surface area (Å²) in [6.07, 6.45) is 0.800. The van der Waals surface area contributed by atoms with Crippen LogP contribution in [0.25, 0.3) is 0 Å². The van der Waals surface area contributed by atoms with E-state index in [1.165, 1.54) is 0 Å². The molecule has 0 aliphatic rings. The molecule has 0 aliphatic heterocycles. The van der Waals surface area contributed by atoms with E-state index in [0.717, 1.165) is 24.6 Å². The Hall–Kier alpha value is -1.36. The molecule has 0 aromatic carbocycles. The van der Waals surface area contributed by atoms with Gasteiger partial charge in [-0.05, 0) is 6.92 Å². The van der Waals surface area contributed by atoms with Gasteiger partial charge in [0.05, 0.1) is 0 Å². The van der Waals surface area contributed by atoms with Gasteiger partial charge in [0.25, 0.3) is 0 Å². The van der Waals surface area contributed by atoms with Gasteiger partial charge in [0.15, 0.2) is 0 Å². The fourth-order valence-electron chi connectivity index (χ4n) is 1.00. The zero-order chi connectivity index (χ0) is 9.68. The van der Waals surface area contributed by atoms with Crippen molar-refractivity contribution in [1.82, 2.24) is 9.97 Å². The highest BCUT2D eigenvalue weighted by atomic mass is 15.3. The summed E-state index contributed by atoms with van der Waals surface area (Å²) in [5, 5.41) is 3.11. The van der Waals surface area contributed by atoms with E-state index in [-0.39, 0.29) is 0 Å². The number of nitrogens with zero attached hydrogens (tertiary/aromatic N) is 2. The molecule has 1 aromatic heterocycles. The van der Waals surface area contributed by atoms with Crippen LogP contribution in [0.2, 0.25) is 0 Å². The largest absolute Gasteiger partial charge is 0.370 e. The maximum absolute atomic E-state index is 5.27. The van der Waals surface area contributed by atoms with Gasteiger partial charge in [0.2, 0.25) is 0 Å². The number of hydrogen-bond acceptors (Lipinski definition) is 5. The molecular formula is C8H15N5. The van der Waals surface area contributed by atoms with Crippen LogP contribution in [0.1, 0.15) is 19.7 Å². The van der Waals surface area contributed by atoms with Crippen molar-refractivity contribution in [3.8, 4) is 0 Å². The van der Waals surface area contributed by atoms with Crippen LogP contribution in [0.4, 0.5) is 11.6 Å². The molecule has 0 fully saturated rings. The van der Waals surface area contributed by atoms with Crippen molar-refractivity contribution < 1.29 is 0 Å². The Morgan fingerprint density at radius 1 is 1.31 bits per heavy atom. The minimum absolute atomic E-state index is 0.641. The van der Waals surface area contributed by atoms with Crippen LogP contribution in [0.15, 0.2) is 6.07 Å². The third-order valence-electron chi connectivity index (χ3n) is 1.59. The second-order valence-electron chi connectivity index (χ2n) is 2.58. The number of hydrogen-bond donors (Lipinski definition) is 3. The first-order chi connectivity index (χ1) is 6.30. The van der Waals surface area contributed by atoms with E-state index in [2.05, 4.69) is 20.7 Å². The van der Waals surface area contributed by atoms with E-state index in [1.54, 1.807) is 6.07 Å². The number of nitrogen functional groups attached to an aromatic ring is 1. The first-order valence-corrected chi connectivity index (χ1v) is 4.38. The van der Waals surface area contributed by atoms with Crippen molar-refractivity contribution >= 4 is 11.6 Å². The number of aryl methyl sites for hydroxylation is 1. The Morgan fingerprint density at radius 3 is 2.54 bits per heavy atom. The van der Waals surface area contributed by atoms with E-state index in [1.807, 2.05) is 13.8 Å². The summed E-state index contributed by atoms with van der Waals surface area (Å²) in [5.74, 6) is 7.50. The van der Waals surface area contributed by atoms with Crippen LogP contribution < -0.4 is 16.6 Å². The Morgan fingerprint density at radius 2 is 2.00 bits per heavy atom. The van der Waals surface area contributed by atoms with Gasteiger partial charge in [-0.1, -0.05) is 6.92 Å². The van der Waals surface area contributed by atoms with Crippen molar-refractivity contribution in [3.05, 3.63) is 11.9 Å². The van der Waals surface area contributed by atoms with E-state index in [4.69, 9.17) is 5.84 Å². The number of hydrazine groups is 1. The van der Waals surface area contributed by atoms with Gasteiger partial charge in [0, 0.05) is 19.0 Å². The topological polar surface area (TPSA) is 75.9 Å². The molecule has 0 saturated carbocycles. The Labute approximate surface area is 77.7 Å². The maximum atomic E-state index is 5.27. The molecule has 0 radical (unpaired) electrons. The molecule has 0 unspecified atom stereocenters. The lowest BCUT2D eigenvalue weighted by Crippen LogP contribution is -2.12. The summed E-state index contributed by atoms with van der Waals surface area (Å²) in [7, 11) is 0. The standard InChI is InChI=1S/C8H15N5/c1-3-6-11-7(10-4-2)5-8(12-6)13-9/h5H,3-4,9H2,1-2H3,(H2,10,11,12,13). The Balaban J connectivity index is 2.93. The van der Waals surface area contributed by atoms with Crippen LogP contribution in [0.3, 0.4) is 0 Å². The summed E-state index contributed by atoms with van der Waals surface area (Å²) >= 11 is 0. The molecule has 5 nitrogen and oxygen atoms in total. The molecule has 1 rings (SSSR count). The van der Waals surface area contributed by atoms with Crippen LogP contribution in [0.5, 0.6) is 0 Å². The van der Waals surface area contributed by atoms with Gasteiger partial charge in [0.1, 0.15) is 17.5 Å². The number of nitrogens with two attached hydrogens (primary N) is 1. The van der Waals surface area contributed by atoms with Gasteiger partial charge in [-0.15, -0.1) is 0 Å². The highest BCUT2D eigenvalue weighted by Crippen LogP contribution is 2.09. The number of anilines is 2. The maximum Gasteiger partial charge on any atom is 0.145 e. The van der Waals surface area contributed by atoms with E-state index in [9.17, 15) is 0 Å². The molecule has 4 N–H and O–H groups in total. The van der Waals surface area contributed by atoms with Crippen molar-refractivity contribution in [2.45, 2.75) is 20.3 Å². The first-order valence-electron chi connectivity index (χ1n) is 4.38. The summed E-state index contributed by atoms with van der Waals surface area (Å²) in [6.45, 7) is 4.86. The highest BCUT2D eigenvalue weighted by molar-refractivity contribution is 5.46. The molecule has 0 saturated heterocycles. The average molecular weight is 181 g/mol. The van der Waals surface area contributed by atoms with Gasteiger partial charge in [-0.25, -0.2) is 15.8 Å². The summed E-state index contributed by atoms with van der Waals surface area (Å²) in [4.78, 5) is 8.44. The molecule has 13 heavy (non-hydrogen) atoms. The normalized spacial score (nSPS) is 9.77. The lowest BCUT2D eigenvalue weighted by molar-refractivity contribution is 0.934. The van der Waals surface area contributed by atoms with E-state index < -0.39 is 0 Å². The Bertz CT molecular complexity index is 251. The monoisotopic (exact) mass is 181 g/mol. The molecular weight excluding hydrogens is 166 g/mol. The van der Waals surface area contributed by atoms with Crippen molar-refractivity contribution in [3.63, 3.8) is 0 Å². The number of nitrogens with one attached hydrogen (secondary N) is 2. The lowest BCUT2D eigenvalue weighted by atomic mass is 10.4. The van der Waals surface area contributed by atoms with E-state index in [0.29, 0.717) is 5.82 Å². The molecule has 72 valence electrons. The molecule has 0 bridgehead atoms. The molecule has 0 spiro atoms. The molecule has 1 heterocycles. The zero-order valence-corrected chi connectivity index (χ0v) is 7.96. The first kappa shape index (κ1) is 9.73. The van der Waals surface area contributed by atoms with Crippen molar-refractivity contribution in [2.75, 3.05) is 17.3 Å². The van der Waals surface area contributed by atoms with Crippen molar-refractivity contribution in [1.29, 1.82) is 0 Å². The molecule has 0 atom stereocenters. The SMILES string of the molecule is CCNc1cc(NN)nc(CC)n1. The molecule has 1 aromatic rings. The second kappa shape index (κ2) is 4.61. The van der Waals surface area contributed by atoms with Gasteiger partial charge >= 0.3 is 0 Å². The number of rotatable bonds is 4. The minimum atomic E-state index is 0.641. The third kappa shape index (κ3) is 2.55. The quantitative estimate of drug-likeness (QED) is 0.472. The Kier molecular flexibility index (Phi) is 3.45. The van der Waals surface area contributed by atoms with Gasteiger partial charge in [-0.2, -0.15) is 0 Å². The fourth-order valence-corrected chi connectivity index (χ4v) is 1.00. The van der Waals surface area contributed by atoms with Crippen LogP contribution >= 0.6 is 0 Å². The molecule has 0 aliphatic carbocycles. The van der Waals surface area contributed by atoms with Gasteiger partial charge < -0.3 is 10.7 Å². The molecule has 0 amide bonds. The zero-order valence-electron chi connectivity index (χ0n) is 7.96. The predicted octanol–water partition coefficient (Wildman–Crippen LogP) is 0.756. The lowest BCUT2D eigenvalue weighted by Gasteiger charge is -2.06. The number of aromatic nitrogens is 2. The van der Waals surface area contributed by atoms with Crippen LogP contribution in [-0.2, 0) is 6.42 Å². The molecule has 5 heteroatoms. The average Bonchev–Trinajstić information content (AvgIpc) is 2.17. The van der Waals surface area contributed by atoms with Crippen molar-refractivity contribution in [2.24, 2.45) is 5.84 Å². The van der Waals surface area contributed by atoms with E-state index >= 15 is 0 Å². The predicted molar refractivity (Wildman–Crippen MR) is 53.4 cm³/mol. The summed E-state index contributed by atoms with van der Waals surface area (Å²) in [6, 6.07) is 1.78. The minimum Gasteiger partial charge on any atom is -0.370 e. The smallest absolute Gasteiger partial charge is 0.145 e. The van der Waals surface area contributed by atoms with Crippen LogP contribution in [-0.4, -0.2) is 16.5 Å². The van der Waals surface area contributed by atoms with Crippen LogP contribution in [0, 0.1) is 0 Å².